The van der Waals surface area contributed by atoms with Crippen LogP contribution in [-0.4, -0.2) is 35.0 Å². The molecular weight excluding hydrogens is 370 g/mol. The third kappa shape index (κ3) is 3.17. The van der Waals surface area contributed by atoms with Gasteiger partial charge in [-0.15, -0.1) is 0 Å². The number of aliphatic hydroxyl groups is 2. The average molecular weight is 416 g/mol. The first kappa shape index (κ1) is 21.5. The average Bonchev–Trinajstić information content (AvgIpc) is 2.98. The molecule has 0 radical (unpaired) electrons. The Bertz CT molecular complexity index is 682. The van der Waals surface area contributed by atoms with E-state index in [0.717, 1.165) is 50.0 Å². The zero-order valence-electron chi connectivity index (χ0n) is 19.7. The lowest BCUT2D eigenvalue weighted by atomic mass is 9.47. The summed E-state index contributed by atoms with van der Waals surface area (Å²) in [4.78, 5) is 0. The summed E-state index contributed by atoms with van der Waals surface area (Å²) < 4.78 is 0. The van der Waals surface area contributed by atoms with Crippen LogP contribution in [0.4, 0.5) is 0 Å². The summed E-state index contributed by atoms with van der Waals surface area (Å²) in [7, 11) is 0. The summed E-state index contributed by atoms with van der Waals surface area (Å²) in [5.41, 5.74) is 2.12. The summed E-state index contributed by atoms with van der Waals surface area (Å²) in [6.45, 7) is 11.0. The van der Waals surface area contributed by atoms with Gasteiger partial charge in [0.05, 0.1) is 12.2 Å². The number of allylic oxidation sites excluding steroid dienone is 1. The first-order valence-corrected chi connectivity index (χ1v) is 13.0. The fourth-order valence-electron chi connectivity index (χ4n) is 9.36. The molecule has 1 aliphatic heterocycles. The number of rotatable bonds is 2. The normalized spacial score (nSPS) is 54.5. The van der Waals surface area contributed by atoms with Gasteiger partial charge in [-0.1, -0.05) is 39.3 Å². The van der Waals surface area contributed by atoms with Crippen molar-refractivity contribution in [1.29, 1.82) is 0 Å². The first-order valence-electron chi connectivity index (χ1n) is 13.0. The molecule has 3 nitrogen and oxygen atoms in total. The van der Waals surface area contributed by atoms with Crippen LogP contribution >= 0.6 is 0 Å². The molecule has 11 atom stereocenters. The largest absolute Gasteiger partial charge is 0.393 e. The summed E-state index contributed by atoms with van der Waals surface area (Å²) in [6, 6.07) is 0.573. The van der Waals surface area contributed by atoms with Gasteiger partial charge in [-0.2, -0.15) is 0 Å². The van der Waals surface area contributed by atoms with Crippen molar-refractivity contribution in [3.8, 4) is 0 Å². The maximum Gasteiger partial charge on any atom is 0.0579 e. The molecule has 4 aliphatic carbocycles. The molecule has 4 fully saturated rings. The molecule has 3 heteroatoms. The minimum Gasteiger partial charge on any atom is -0.393 e. The third-order valence-electron chi connectivity index (χ3n) is 11.1. The predicted molar refractivity (Wildman–Crippen MR) is 122 cm³/mol. The Morgan fingerprint density at radius 1 is 1.07 bits per heavy atom. The van der Waals surface area contributed by atoms with Crippen molar-refractivity contribution in [2.24, 2.45) is 46.3 Å². The van der Waals surface area contributed by atoms with E-state index in [0.29, 0.717) is 29.2 Å². The summed E-state index contributed by atoms with van der Waals surface area (Å²) in [6.07, 6.45) is 12.6. The number of hydrogen-bond donors (Lipinski definition) is 3. The maximum atomic E-state index is 11.4. The lowest BCUT2D eigenvalue weighted by molar-refractivity contribution is -0.0655. The lowest BCUT2D eigenvalue weighted by Crippen LogP contribution is -2.53. The van der Waals surface area contributed by atoms with E-state index in [1.807, 2.05) is 0 Å². The van der Waals surface area contributed by atoms with Crippen LogP contribution in [0.25, 0.3) is 0 Å². The van der Waals surface area contributed by atoms with Crippen LogP contribution in [-0.2, 0) is 0 Å². The van der Waals surface area contributed by atoms with Crippen LogP contribution in [0, 0.1) is 46.3 Å². The molecule has 0 aromatic rings. The summed E-state index contributed by atoms with van der Waals surface area (Å²) >= 11 is 0. The Balaban J connectivity index is 1.39. The second-order valence-corrected chi connectivity index (χ2v) is 12.6. The Morgan fingerprint density at radius 2 is 1.87 bits per heavy atom. The molecule has 0 bridgehead atoms. The number of aliphatic hydroxyl groups excluding tert-OH is 2. The van der Waals surface area contributed by atoms with Crippen LogP contribution in [0.2, 0.25) is 0 Å². The van der Waals surface area contributed by atoms with Crippen LogP contribution in [0.5, 0.6) is 0 Å². The Kier molecular flexibility index (Phi) is 5.43. The highest BCUT2D eigenvalue weighted by Crippen LogP contribution is 2.67. The topological polar surface area (TPSA) is 52.5 Å². The van der Waals surface area contributed by atoms with E-state index in [9.17, 15) is 10.2 Å². The highest BCUT2D eigenvalue weighted by atomic mass is 16.3. The van der Waals surface area contributed by atoms with Gasteiger partial charge in [0.15, 0.2) is 0 Å². The molecule has 0 aromatic carbocycles. The van der Waals surface area contributed by atoms with Gasteiger partial charge < -0.3 is 15.5 Å². The second kappa shape index (κ2) is 7.59. The van der Waals surface area contributed by atoms with E-state index in [4.69, 9.17) is 0 Å². The molecule has 1 heterocycles. The Morgan fingerprint density at radius 3 is 2.60 bits per heavy atom. The number of piperidine rings is 1. The molecule has 3 saturated carbocycles. The molecule has 1 unspecified atom stereocenters. The maximum absolute atomic E-state index is 11.4. The Hall–Kier alpha value is -0.380. The van der Waals surface area contributed by atoms with Gasteiger partial charge in [0, 0.05) is 6.04 Å². The second-order valence-electron chi connectivity index (χ2n) is 12.6. The van der Waals surface area contributed by atoms with E-state index in [1.165, 1.54) is 32.1 Å². The van der Waals surface area contributed by atoms with Crippen molar-refractivity contribution in [2.75, 3.05) is 6.54 Å². The van der Waals surface area contributed by atoms with Crippen LogP contribution in [0.1, 0.15) is 85.5 Å². The molecule has 1 saturated heterocycles. The highest BCUT2D eigenvalue weighted by Gasteiger charge is 2.62. The van der Waals surface area contributed by atoms with E-state index in [1.54, 1.807) is 5.57 Å². The summed E-state index contributed by atoms with van der Waals surface area (Å²) in [5, 5.41) is 25.5. The minimum atomic E-state index is -0.138. The first-order chi connectivity index (χ1) is 14.2. The van der Waals surface area contributed by atoms with Gasteiger partial charge in [-0.05, 0) is 111 Å². The standard InChI is InChI=1S/C27H45NO2/c1-16-5-8-23(28-15-16)17(2)25-24(30)14-22-20-7-6-18-13-19(29)9-11-26(18,3)21(20)10-12-27(22,25)4/h6,16-17,19-25,28-30H,5,7-15H2,1-4H3/t16-,17-,19+,20-,21+,22+,23-,24-,25?,26+,27+/m1/s1. The van der Waals surface area contributed by atoms with E-state index in [-0.39, 0.29) is 17.6 Å². The zero-order chi connectivity index (χ0) is 21.3. The van der Waals surface area contributed by atoms with E-state index >= 15 is 0 Å². The molecule has 0 amide bonds. The van der Waals surface area contributed by atoms with Crippen LogP contribution in [0.15, 0.2) is 11.6 Å². The van der Waals surface area contributed by atoms with Crippen LogP contribution in [0.3, 0.4) is 0 Å². The molecule has 30 heavy (non-hydrogen) atoms. The van der Waals surface area contributed by atoms with Crippen molar-refractivity contribution in [3.05, 3.63) is 11.6 Å². The molecule has 5 rings (SSSR count). The van der Waals surface area contributed by atoms with Gasteiger partial charge in [-0.3, -0.25) is 0 Å². The summed E-state index contributed by atoms with van der Waals surface area (Å²) in [5.74, 6) is 3.90. The van der Waals surface area contributed by atoms with Gasteiger partial charge >= 0.3 is 0 Å². The van der Waals surface area contributed by atoms with Gasteiger partial charge in [-0.25, -0.2) is 0 Å². The molecule has 0 spiro atoms. The fraction of sp³-hybridized carbons (Fsp3) is 0.926. The minimum absolute atomic E-state index is 0.126. The Labute approximate surface area is 184 Å². The smallest absolute Gasteiger partial charge is 0.0579 e. The van der Waals surface area contributed by atoms with Crippen molar-refractivity contribution in [2.45, 2.75) is 104 Å². The molecule has 3 N–H and O–H groups in total. The predicted octanol–water partition coefficient (Wildman–Crippen LogP) is 4.92. The third-order valence-corrected chi connectivity index (χ3v) is 11.1. The van der Waals surface area contributed by atoms with Gasteiger partial charge in [0.25, 0.3) is 0 Å². The van der Waals surface area contributed by atoms with E-state index < -0.39 is 0 Å². The van der Waals surface area contributed by atoms with Crippen molar-refractivity contribution < 1.29 is 10.2 Å². The van der Waals surface area contributed by atoms with Crippen molar-refractivity contribution in [3.63, 3.8) is 0 Å². The fourth-order valence-corrected chi connectivity index (χ4v) is 9.36. The molecule has 170 valence electrons. The van der Waals surface area contributed by atoms with Gasteiger partial charge in [0.1, 0.15) is 0 Å². The number of nitrogens with one attached hydrogen (secondary N) is 1. The number of fused-ring (bicyclic) bond motifs is 5. The van der Waals surface area contributed by atoms with Gasteiger partial charge in [0.2, 0.25) is 0 Å². The molecule has 5 aliphatic rings. The molecule has 0 aromatic heterocycles. The monoisotopic (exact) mass is 415 g/mol. The van der Waals surface area contributed by atoms with Crippen LogP contribution < -0.4 is 5.32 Å². The van der Waals surface area contributed by atoms with E-state index in [2.05, 4.69) is 39.1 Å². The van der Waals surface area contributed by atoms with Crippen molar-refractivity contribution in [1.82, 2.24) is 5.32 Å². The number of hydrogen-bond acceptors (Lipinski definition) is 3. The quantitative estimate of drug-likeness (QED) is 0.561. The SMILES string of the molecule is C[C@@H]1CC[C@H]([C@@H](C)C2[C@H](O)C[C@H]3[C@@H]4CC=C5C[C@@H](O)CC[C@]5(C)[C@H]4CC[C@]23C)NC1. The zero-order valence-corrected chi connectivity index (χ0v) is 19.7. The lowest BCUT2D eigenvalue weighted by Gasteiger charge is -2.58. The highest BCUT2D eigenvalue weighted by molar-refractivity contribution is 5.25. The molecular formula is C27H45NO2. The van der Waals surface area contributed by atoms with Crippen molar-refractivity contribution >= 4 is 0 Å².